The Morgan fingerprint density at radius 3 is 2.52 bits per heavy atom. The lowest BCUT2D eigenvalue weighted by Gasteiger charge is -2.13. The van der Waals surface area contributed by atoms with Gasteiger partial charge in [-0.15, -0.1) is 0 Å². The molecule has 4 nitrogen and oxygen atoms in total. The minimum Gasteiger partial charge on any atom is -0.388 e. The highest BCUT2D eigenvalue weighted by Crippen LogP contribution is 2.36. The summed E-state index contributed by atoms with van der Waals surface area (Å²) in [5.74, 6) is -3.38. The van der Waals surface area contributed by atoms with E-state index in [1.807, 2.05) is 0 Å². The predicted molar refractivity (Wildman–Crippen MR) is 106 cm³/mol. The number of aliphatic hydroxyl groups excluding tert-OH is 1. The number of rotatable bonds is 4. The Morgan fingerprint density at radius 1 is 1.06 bits per heavy atom. The molecule has 1 N–H and O–H groups in total. The molecule has 0 spiro atoms. The fraction of sp³-hybridized carbons (Fsp3) is 0.130. The van der Waals surface area contributed by atoms with E-state index in [4.69, 9.17) is 0 Å². The lowest BCUT2D eigenvalue weighted by atomic mass is 9.96. The molecule has 156 valence electrons. The Morgan fingerprint density at radius 2 is 1.81 bits per heavy atom. The summed E-state index contributed by atoms with van der Waals surface area (Å²) in [6.45, 7) is 1.70. The predicted octanol–water partition coefficient (Wildman–Crippen LogP) is 5.54. The zero-order valence-corrected chi connectivity index (χ0v) is 16.2. The highest BCUT2D eigenvalue weighted by Gasteiger charge is 2.23. The number of fused-ring (bicyclic) bond motifs is 1. The van der Waals surface area contributed by atoms with Crippen LogP contribution >= 0.6 is 0 Å². The molecule has 0 fully saturated rings. The first-order valence-corrected chi connectivity index (χ1v) is 9.39. The summed E-state index contributed by atoms with van der Waals surface area (Å²) >= 11 is 0. The standard InChI is InChI=1S/C23H15F4N3O/c1-2-19(31)16-7-8-30-18(11-29-23(30)22(16)27)15-5-6-17(25)20(21(15)26)14-4-3-13(24)9-12(14)10-28/h3-9,11,19,31H,2H2,1H3. The van der Waals surface area contributed by atoms with Crippen LogP contribution in [-0.2, 0) is 0 Å². The van der Waals surface area contributed by atoms with Crippen molar-refractivity contribution in [3.63, 3.8) is 0 Å². The van der Waals surface area contributed by atoms with Crippen LogP contribution < -0.4 is 0 Å². The van der Waals surface area contributed by atoms with Gasteiger partial charge in [0.1, 0.15) is 17.5 Å². The summed E-state index contributed by atoms with van der Waals surface area (Å²) in [6, 6.07) is 8.34. The molecule has 31 heavy (non-hydrogen) atoms. The lowest BCUT2D eigenvalue weighted by Crippen LogP contribution is -2.03. The Balaban J connectivity index is 1.94. The molecule has 1 unspecified atom stereocenters. The molecule has 0 amide bonds. The van der Waals surface area contributed by atoms with Crippen molar-refractivity contribution in [2.75, 3.05) is 0 Å². The van der Waals surface area contributed by atoms with E-state index in [9.17, 15) is 23.5 Å². The highest BCUT2D eigenvalue weighted by molar-refractivity contribution is 5.77. The van der Waals surface area contributed by atoms with Crippen LogP contribution in [0.3, 0.4) is 0 Å². The van der Waals surface area contributed by atoms with Gasteiger partial charge in [-0.3, -0.25) is 4.40 Å². The number of nitriles is 1. The summed E-state index contributed by atoms with van der Waals surface area (Å²) in [7, 11) is 0. The molecular weight excluding hydrogens is 410 g/mol. The van der Waals surface area contributed by atoms with E-state index in [1.165, 1.54) is 28.9 Å². The van der Waals surface area contributed by atoms with Gasteiger partial charge in [-0.1, -0.05) is 6.92 Å². The summed E-state index contributed by atoms with van der Waals surface area (Å²) in [5, 5.41) is 19.2. The molecule has 0 aliphatic rings. The molecule has 2 heterocycles. The molecule has 4 aromatic rings. The first-order valence-electron chi connectivity index (χ1n) is 9.39. The van der Waals surface area contributed by atoms with Gasteiger partial charge < -0.3 is 5.11 Å². The van der Waals surface area contributed by atoms with Gasteiger partial charge in [0, 0.05) is 22.9 Å². The van der Waals surface area contributed by atoms with E-state index in [0.29, 0.717) is 6.42 Å². The third-order valence-electron chi connectivity index (χ3n) is 5.13. The molecule has 0 bridgehead atoms. The maximum atomic E-state index is 15.5. The SMILES string of the molecule is CCC(O)c1ccn2c(-c3ccc(F)c(-c4ccc(F)cc4C#N)c3F)cnc2c1F. The lowest BCUT2D eigenvalue weighted by molar-refractivity contribution is 0.169. The first kappa shape index (κ1) is 20.6. The average molecular weight is 425 g/mol. The molecule has 8 heteroatoms. The average Bonchev–Trinajstić information content (AvgIpc) is 3.19. The van der Waals surface area contributed by atoms with Gasteiger partial charge in [0.15, 0.2) is 11.5 Å². The molecular formula is C23H15F4N3O. The fourth-order valence-corrected chi connectivity index (χ4v) is 3.53. The Hall–Kier alpha value is -3.70. The smallest absolute Gasteiger partial charge is 0.174 e. The van der Waals surface area contributed by atoms with Crippen molar-refractivity contribution < 1.29 is 22.7 Å². The summed E-state index contributed by atoms with van der Waals surface area (Å²) in [5.41, 5.74) is -0.817. The molecule has 0 saturated carbocycles. The number of halogens is 4. The summed E-state index contributed by atoms with van der Waals surface area (Å²) in [6.07, 6.45) is 1.96. The number of aromatic nitrogens is 2. The van der Waals surface area contributed by atoms with E-state index in [2.05, 4.69) is 4.98 Å². The number of aliphatic hydroxyl groups is 1. The maximum Gasteiger partial charge on any atom is 0.174 e. The van der Waals surface area contributed by atoms with Crippen molar-refractivity contribution in [1.29, 1.82) is 5.26 Å². The zero-order valence-electron chi connectivity index (χ0n) is 16.2. The molecule has 4 rings (SSSR count). The Kier molecular flexibility index (Phi) is 5.21. The number of hydrogen-bond donors (Lipinski definition) is 1. The van der Waals surface area contributed by atoms with E-state index in [1.54, 1.807) is 13.0 Å². The number of nitrogens with zero attached hydrogens (tertiary/aromatic N) is 3. The monoisotopic (exact) mass is 425 g/mol. The number of pyridine rings is 1. The van der Waals surface area contributed by atoms with Gasteiger partial charge in [-0.25, -0.2) is 22.5 Å². The van der Waals surface area contributed by atoms with E-state index >= 15 is 4.39 Å². The quantitative estimate of drug-likeness (QED) is 0.437. The van der Waals surface area contributed by atoms with Crippen LogP contribution in [-0.4, -0.2) is 14.5 Å². The van der Waals surface area contributed by atoms with Gasteiger partial charge in [-0.05, 0) is 42.8 Å². The van der Waals surface area contributed by atoms with Crippen LogP contribution in [0.25, 0.3) is 28.0 Å². The third kappa shape index (κ3) is 3.33. The maximum absolute atomic E-state index is 15.5. The van der Waals surface area contributed by atoms with Gasteiger partial charge in [0.25, 0.3) is 0 Å². The topological polar surface area (TPSA) is 61.3 Å². The molecule has 1 atom stereocenters. The number of hydrogen-bond acceptors (Lipinski definition) is 3. The molecule has 0 aliphatic carbocycles. The molecule has 0 saturated heterocycles. The number of imidazole rings is 1. The van der Waals surface area contributed by atoms with Gasteiger partial charge in [0.05, 0.1) is 35.2 Å². The Labute approximate surface area is 174 Å². The van der Waals surface area contributed by atoms with Crippen LogP contribution in [0.15, 0.2) is 48.8 Å². The van der Waals surface area contributed by atoms with Crippen molar-refractivity contribution in [2.45, 2.75) is 19.4 Å². The van der Waals surface area contributed by atoms with Crippen LogP contribution in [0.1, 0.15) is 30.6 Å². The largest absolute Gasteiger partial charge is 0.388 e. The van der Waals surface area contributed by atoms with Crippen LogP contribution in [0.2, 0.25) is 0 Å². The van der Waals surface area contributed by atoms with Crippen LogP contribution in [0, 0.1) is 34.6 Å². The van der Waals surface area contributed by atoms with Crippen molar-refractivity contribution >= 4 is 5.65 Å². The van der Waals surface area contributed by atoms with Gasteiger partial charge in [0.2, 0.25) is 0 Å². The first-order chi connectivity index (χ1) is 14.9. The Bertz CT molecular complexity index is 1360. The van der Waals surface area contributed by atoms with Crippen LogP contribution in [0.5, 0.6) is 0 Å². The van der Waals surface area contributed by atoms with Gasteiger partial charge >= 0.3 is 0 Å². The van der Waals surface area contributed by atoms with Crippen molar-refractivity contribution in [2.24, 2.45) is 0 Å². The van der Waals surface area contributed by atoms with Crippen molar-refractivity contribution in [3.8, 4) is 28.5 Å². The third-order valence-corrected chi connectivity index (χ3v) is 5.13. The molecule has 2 aromatic carbocycles. The molecule has 2 aromatic heterocycles. The normalized spacial score (nSPS) is 12.2. The summed E-state index contributed by atoms with van der Waals surface area (Å²) in [4.78, 5) is 4.00. The fourth-order valence-electron chi connectivity index (χ4n) is 3.53. The van der Waals surface area contributed by atoms with E-state index in [-0.39, 0.29) is 33.6 Å². The van der Waals surface area contributed by atoms with Gasteiger partial charge in [-0.2, -0.15) is 5.26 Å². The van der Waals surface area contributed by atoms with Crippen LogP contribution in [0.4, 0.5) is 17.6 Å². The second-order valence-electron chi connectivity index (χ2n) is 6.93. The van der Waals surface area contributed by atoms with Crippen molar-refractivity contribution in [3.05, 3.63) is 83.2 Å². The van der Waals surface area contributed by atoms with E-state index < -0.39 is 34.9 Å². The van der Waals surface area contributed by atoms with E-state index in [0.717, 1.165) is 24.3 Å². The summed E-state index contributed by atoms with van der Waals surface area (Å²) < 4.78 is 59.6. The minimum atomic E-state index is -1.01. The number of benzene rings is 2. The zero-order chi connectivity index (χ0) is 22.3. The second kappa shape index (κ2) is 7.85. The highest BCUT2D eigenvalue weighted by atomic mass is 19.1. The minimum absolute atomic E-state index is 0.0670. The molecule has 0 aliphatic heterocycles. The second-order valence-corrected chi connectivity index (χ2v) is 6.93. The molecule has 0 radical (unpaired) electrons. The van der Waals surface area contributed by atoms with Crippen molar-refractivity contribution in [1.82, 2.24) is 9.38 Å².